The van der Waals surface area contributed by atoms with E-state index < -0.39 is 6.10 Å². The fourth-order valence-corrected chi connectivity index (χ4v) is 1.84. The van der Waals surface area contributed by atoms with Gasteiger partial charge in [-0.05, 0) is 19.1 Å². The first-order valence-electron chi connectivity index (χ1n) is 6.47. The van der Waals surface area contributed by atoms with E-state index in [4.69, 9.17) is 16.3 Å². The number of nitrogens with one attached hydrogen (secondary N) is 1. The Labute approximate surface area is 128 Å². The smallest absolute Gasteiger partial charge is 0.261 e. The fourth-order valence-electron chi connectivity index (χ4n) is 1.67. The summed E-state index contributed by atoms with van der Waals surface area (Å²) in [5, 5.41) is 7.24. The number of ether oxygens (including phenoxy) is 1. The van der Waals surface area contributed by atoms with Crippen LogP contribution >= 0.6 is 11.6 Å². The Kier molecular flexibility index (Phi) is 5.00. The van der Waals surface area contributed by atoms with E-state index >= 15 is 0 Å². The summed E-state index contributed by atoms with van der Waals surface area (Å²) in [7, 11) is 0. The van der Waals surface area contributed by atoms with E-state index in [2.05, 4.69) is 17.0 Å². The molecule has 1 aromatic carbocycles. The number of hydrogen-bond donors (Lipinski definition) is 1. The van der Waals surface area contributed by atoms with Gasteiger partial charge in [0.1, 0.15) is 5.02 Å². The van der Waals surface area contributed by atoms with Crippen LogP contribution in [-0.2, 0) is 4.79 Å². The van der Waals surface area contributed by atoms with E-state index in [0.717, 1.165) is 5.69 Å². The Morgan fingerprint density at radius 3 is 2.90 bits per heavy atom. The van der Waals surface area contributed by atoms with Crippen molar-refractivity contribution in [3.05, 3.63) is 54.2 Å². The highest BCUT2D eigenvalue weighted by atomic mass is 35.5. The molecule has 1 amide bonds. The Balaban J connectivity index is 2.09. The molecule has 0 unspecified atom stereocenters. The number of halogens is 1. The van der Waals surface area contributed by atoms with Gasteiger partial charge in [-0.25, -0.2) is 4.68 Å². The van der Waals surface area contributed by atoms with Gasteiger partial charge in [0.2, 0.25) is 0 Å². The molecule has 0 spiro atoms. The number of carbonyl (C=O) groups is 1. The lowest BCUT2D eigenvalue weighted by Crippen LogP contribution is -2.36. The highest BCUT2D eigenvalue weighted by Gasteiger charge is 2.18. The number of aromatic nitrogens is 2. The van der Waals surface area contributed by atoms with Crippen LogP contribution in [-0.4, -0.2) is 28.3 Å². The Morgan fingerprint density at radius 1 is 1.52 bits per heavy atom. The van der Waals surface area contributed by atoms with Gasteiger partial charge in [-0.15, -0.1) is 11.7 Å². The predicted molar refractivity (Wildman–Crippen MR) is 81.9 cm³/mol. The van der Waals surface area contributed by atoms with Gasteiger partial charge >= 0.3 is 0 Å². The first kappa shape index (κ1) is 15.1. The molecular formula is C15H16ClN3O2. The Hall–Kier alpha value is -2.27. The monoisotopic (exact) mass is 305 g/mol. The average molecular weight is 306 g/mol. The van der Waals surface area contributed by atoms with E-state index in [1.807, 2.05) is 30.3 Å². The molecule has 2 rings (SSSR count). The first-order chi connectivity index (χ1) is 10.1. The number of benzene rings is 1. The second kappa shape index (κ2) is 6.95. The number of para-hydroxylation sites is 1. The van der Waals surface area contributed by atoms with Crippen LogP contribution in [0.15, 0.2) is 49.2 Å². The van der Waals surface area contributed by atoms with E-state index in [1.165, 1.54) is 0 Å². The summed E-state index contributed by atoms with van der Waals surface area (Å²) in [4.78, 5) is 11.7. The summed E-state index contributed by atoms with van der Waals surface area (Å²) in [6.07, 6.45) is 2.55. The lowest BCUT2D eigenvalue weighted by atomic mass is 10.3. The van der Waals surface area contributed by atoms with Gasteiger partial charge < -0.3 is 10.1 Å². The van der Waals surface area contributed by atoms with Crippen LogP contribution in [0.5, 0.6) is 5.88 Å². The third-order valence-electron chi connectivity index (χ3n) is 2.74. The molecule has 0 radical (unpaired) electrons. The van der Waals surface area contributed by atoms with Crippen molar-refractivity contribution in [3.63, 3.8) is 0 Å². The molecule has 0 saturated carbocycles. The van der Waals surface area contributed by atoms with Crippen LogP contribution in [0.3, 0.4) is 0 Å². The Morgan fingerprint density at radius 2 is 2.24 bits per heavy atom. The molecule has 1 aromatic heterocycles. The zero-order valence-electron chi connectivity index (χ0n) is 11.6. The van der Waals surface area contributed by atoms with Gasteiger partial charge in [0.25, 0.3) is 11.8 Å². The van der Waals surface area contributed by atoms with Crippen molar-refractivity contribution in [2.75, 3.05) is 6.54 Å². The summed E-state index contributed by atoms with van der Waals surface area (Å²) >= 11 is 6.09. The summed E-state index contributed by atoms with van der Waals surface area (Å²) < 4.78 is 7.10. The standard InChI is InChI=1S/C15H16ClN3O2/c1-3-9-17-14(20)11(2)21-15-13(16)10-19(18-15)12-7-5-4-6-8-12/h3-8,10-11H,1,9H2,2H3,(H,17,20)/t11-/m0/s1. The highest BCUT2D eigenvalue weighted by molar-refractivity contribution is 6.31. The molecule has 2 aromatic rings. The average Bonchev–Trinajstić information content (AvgIpc) is 2.86. The van der Waals surface area contributed by atoms with Crippen molar-refractivity contribution in [1.29, 1.82) is 0 Å². The van der Waals surface area contributed by atoms with Crippen LogP contribution in [0.1, 0.15) is 6.92 Å². The minimum atomic E-state index is -0.693. The number of amides is 1. The highest BCUT2D eigenvalue weighted by Crippen LogP contribution is 2.24. The lowest BCUT2D eigenvalue weighted by molar-refractivity contribution is -0.127. The molecule has 6 heteroatoms. The predicted octanol–water partition coefficient (Wildman–Crippen LogP) is 2.60. The molecule has 1 atom stereocenters. The van der Waals surface area contributed by atoms with Crippen LogP contribution in [0.4, 0.5) is 0 Å². The molecule has 0 bridgehead atoms. The molecule has 1 heterocycles. The zero-order chi connectivity index (χ0) is 15.2. The minimum absolute atomic E-state index is 0.224. The molecule has 0 fully saturated rings. The Bertz CT molecular complexity index is 625. The summed E-state index contributed by atoms with van der Waals surface area (Å²) in [6.45, 7) is 5.56. The summed E-state index contributed by atoms with van der Waals surface area (Å²) in [5.41, 5.74) is 0.859. The second-order valence-electron chi connectivity index (χ2n) is 4.36. The van der Waals surface area contributed by atoms with Crippen molar-refractivity contribution in [2.24, 2.45) is 0 Å². The summed E-state index contributed by atoms with van der Waals surface area (Å²) in [6, 6.07) is 9.51. The number of nitrogens with zero attached hydrogens (tertiary/aromatic N) is 2. The molecule has 0 saturated heterocycles. The third kappa shape index (κ3) is 3.86. The van der Waals surface area contributed by atoms with Crippen LogP contribution in [0, 0.1) is 0 Å². The summed E-state index contributed by atoms with van der Waals surface area (Å²) in [5.74, 6) is -0.0259. The number of hydrogen-bond acceptors (Lipinski definition) is 3. The van der Waals surface area contributed by atoms with Crippen LogP contribution < -0.4 is 10.1 Å². The molecule has 1 N–H and O–H groups in total. The molecule has 110 valence electrons. The molecule has 0 aliphatic carbocycles. The van der Waals surface area contributed by atoms with Crippen molar-refractivity contribution >= 4 is 17.5 Å². The van der Waals surface area contributed by atoms with E-state index in [0.29, 0.717) is 11.6 Å². The molecule has 0 aliphatic rings. The largest absolute Gasteiger partial charge is 0.462 e. The third-order valence-corrected chi connectivity index (χ3v) is 3.00. The van der Waals surface area contributed by atoms with Gasteiger partial charge in [-0.1, -0.05) is 35.9 Å². The molecule has 21 heavy (non-hydrogen) atoms. The van der Waals surface area contributed by atoms with Gasteiger partial charge in [0.05, 0.1) is 11.9 Å². The quantitative estimate of drug-likeness (QED) is 0.835. The van der Waals surface area contributed by atoms with Crippen molar-refractivity contribution in [3.8, 4) is 11.6 Å². The topological polar surface area (TPSA) is 56.1 Å². The van der Waals surface area contributed by atoms with Crippen LogP contribution in [0.2, 0.25) is 5.02 Å². The van der Waals surface area contributed by atoms with Crippen molar-refractivity contribution < 1.29 is 9.53 Å². The van der Waals surface area contributed by atoms with Gasteiger partial charge in [0, 0.05) is 6.54 Å². The van der Waals surface area contributed by atoms with Gasteiger partial charge in [-0.2, -0.15) is 0 Å². The normalized spacial score (nSPS) is 11.7. The fraction of sp³-hybridized carbons (Fsp3) is 0.200. The maximum atomic E-state index is 11.7. The molecule has 0 aliphatic heterocycles. The number of carbonyl (C=O) groups excluding carboxylic acids is 1. The first-order valence-corrected chi connectivity index (χ1v) is 6.85. The van der Waals surface area contributed by atoms with Gasteiger partial charge in [-0.3, -0.25) is 4.79 Å². The minimum Gasteiger partial charge on any atom is -0.462 e. The van der Waals surface area contributed by atoms with Crippen molar-refractivity contribution in [2.45, 2.75) is 13.0 Å². The SMILES string of the molecule is C=CCNC(=O)[C@H](C)Oc1nn(-c2ccccc2)cc1Cl. The van der Waals surface area contributed by atoms with E-state index in [9.17, 15) is 4.79 Å². The zero-order valence-corrected chi connectivity index (χ0v) is 12.4. The number of rotatable bonds is 6. The molecular weight excluding hydrogens is 290 g/mol. The molecule has 5 nitrogen and oxygen atoms in total. The second-order valence-corrected chi connectivity index (χ2v) is 4.76. The maximum absolute atomic E-state index is 11.7. The van der Waals surface area contributed by atoms with Crippen molar-refractivity contribution in [1.82, 2.24) is 15.1 Å². The van der Waals surface area contributed by atoms with Gasteiger partial charge in [0.15, 0.2) is 6.10 Å². The van der Waals surface area contributed by atoms with Crippen LogP contribution in [0.25, 0.3) is 5.69 Å². The van der Waals surface area contributed by atoms with E-state index in [-0.39, 0.29) is 11.8 Å². The van der Waals surface area contributed by atoms with E-state index in [1.54, 1.807) is 23.9 Å². The lowest BCUT2D eigenvalue weighted by Gasteiger charge is -2.12. The maximum Gasteiger partial charge on any atom is 0.261 e.